The number of benzene rings is 1. The number of nitrogens with one attached hydrogen (secondary N) is 1. The molecule has 2 aliphatic heterocycles. The van der Waals surface area contributed by atoms with E-state index in [1.807, 2.05) is 24.3 Å². The second kappa shape index (κ2) is 6.43. The van der Waals surface area contributed by atoms with E-state index in [0.29, 0.717) is 13.2 Å². The molecule has 6 heteroatoms. The van der Waals surface area contributed by atoms with Crippen LogP contribution < -0.4 is 15.8 Å². The van der Waals surface area contributed by atoms with Crippen LogP contribution in [0, 0.1) is 0 Å². The summed E-state index contributed by atoms with van der Waals surface area (Å²) in [5.41, 5.74) is 6.58. The molecule has 3 rings (SSSR count). The standard InChI is InChI=1S/C14H18N2O3.ClH/c15-7-9-5-6-13(19-9)14(17)16-11-8-18-12-4-2-1-3-10(11)12;/h1-4,9,11,13H,5-8,15H2,(H,16,17);1H/t9-,11?,13+;/m1./s1. The van der Waals surface area contributed by atoms with Gasteiger partial charge in [-0.15, -0.1) is 12.4 Å². The average molecular weight is 299 g/mol. The summed E-state index contributed by atoms with van der Waals surface area (Å²) in [6.45, 7) is 0.956. The van der Waals surface area contributed by atoms with E-state index in [-0.39, 0.29) is 36.6 Å². The Labute approximate surface area is 124 Å². The largest absolute Gasteiger partial charge is 0.491 e. The molecule has 1 amide bonds. The van der Waals surface area contributed by atoms with E-state index in [2.05, 4.69) is 5.32 Å². The van der Waals surface area contributed by atoms with Crippen molar-refractivity contribution in [2.75, 3.05) is 13.2 Å². The molecule has 1 unspecified atom stereocenters. The van der Waals surface area contributed by atoms with Gasteiger partial charge in [-0.2, -0.15) is 0 Å². The number of rotatable bonds is 3. The summed E-state index contributed by atoms with van der Waals surface area (Å²) in [6.07, 6.45) is 1.24. The van der Waals surface area contributed by atoms with Crippen molar-refractivity contribution in [1.29, 1.82) is 0 Å². The third-order valence-electron chi connectivity index (χ3n) is 3.68. The van der Waals surface area contributed by atoms with Gasteiger partial charge in [0.1, 0.15) is 18.5 Å². The molecular weight excluding hydrogens is 280 g/mol. The Balaban J connectivity index is 0.00000147. The predicted octanol–water partition coefficient (Wildman–Crippen LogP) is 1.16. The number of hydrogen-bond acceptors (Lipinski definition) is 4. The lowest BCUT2D eigenvalue weighted by Gasteiger charge is -2.16. The number of para-hydroxylation sites is 1. The summed E-state index contributed by atoms with van der Waals surface area (Å²) in [5.74, 6) is 0.779. The Kier molecular flexibility index (Phi) is 4.86. The molecule has 3 N–H and O–H groups in total. The highest BCUT2D eigenvalue weighted by Crippen LogP contribution is 2.32. The second-order valence-electron chi connectivity index (χ2n) is 4.97. The lowest BCUT2D eigenvalue weighted by molar-refractivity contribution is -0.132. The molecule has 0 saturated carbocycles. The minimum Gasteiger partial charge on any atom is -0.491 e. The maximum Gasteiger partial charge on any atom is 0.249 e. The third-order valence-corrected chi connectivity index (χ3v) is 3.68. The first-order valence-corrected chi connectivity index (χ1v) is 6.65. The minimum atomic E-state index is -0.374. The van der Waals surface area contributed by atoms with Crippen molar-refractivity contribution in [3.8, 4) is 5.75 Å². The van der Waals surface area contributed by atoms with Crippen LogP contribution in [-0.2, 0) is 9.53 Å². The minimum absolute atomic E-state index is 0. The molecule has 0 bridgehead atoms. The maximum atomic E-state index is 12.1. The molecule has 1 aromatic rings. The number of halogens is 1. The molecule has 1 fully saturated rings. The van der Waals surface area contributed by atoms with Crippen LogP contribution in [0.2, 0.25) is 0 Å². The van der Waals surface area contributed by atoms with Crippen LogP contribution in [-0.4, -0.2) is 31.3 Å². The van der Waals surface area contributed by atoms with Crippen LogP contribution >= 0.6 is 12.4 Å². The lowest BCUT2D eigenvalue weighted by Crippen LogP contribution is -2.38. The summed E-state index contributed by atoms with van der Waals surface area (Å²) in [4.78, 5) is 12.1. The molecule has 0 radical (unpaired) electrons. The molecule has 0 aliphatic carbocycles. The zero-order valence-corrected chi connectivity index (χ0v) is 11.9. The highest BCUT2D eigenvalue weighted by Gasteiger charge is 2.33. The molecule has 1 saturated heterocycles. The summed E-state index contributed by atoms with van der Waals surface area (Å²) in [7, 11) is 0. The van der Waals surface area contributed by atoms with E-state index in [1.54, 1.807) is 0 Å². The smallest absolute Gasteiger partial charge is 0.249 e. The summed E-state index contributed by atoms with van der Waals surface area (Å²) in [6, 6.07) is 7.69. The monoisotopic (exact) mass is 298 g/mol. The third kappa shape index (κ3) is 2.90. The van der Waals surface area contributed by atoms with E-state index < -0.39 is 0 Å². The van der Waals surface area contributed by atoms with Crippen molar-refractivity contribution >= 4 is 18.3 Å². The van der Waals surface area contributed by atoms with E-state index in [9.17, 15) is 4.79 Å². The van der Waals surface area contributed by atoms with Crippen molar-refractivity contribution < 1.29 is 14.3 Å². The maximum absolute atomic E-state index is 12.1. The van der Waals surface area contributed by atoms with Crippen LogP contribution in [0.5, 0.6) is 5.75 Å². The quantitative estimate of drug-likeness (QED) is 0.878. The average Bonchev–Trinajstić information content (AvgIpc) is 3.06. The first-order chi connectivity index (χ1) is 9.28. The first kappa shape index (κ1) is 15.1. The van der Waals surface area contributed by atoms with Gasteiger partial charge in [0.2, 0.25) is 5.91 Å². The number of carbonyl (C=O) groups excluding carboxylic acids is 1. The van der Waals surface area contributed by atoms with Gasteiger partial charge in [0, 0.05) is 12.1 Å². The Morgan fingerprint density at radius 2 is 2.15 bits per heavy atom. The molecule has 0 aromatic heterocycles. The van der Waals surface area contributed by atoms with Crippen molar-refractivity contribution in [1.82, 2.24) is 5.32 Å². The Hall–Kier alpha value is -1.30. The lowest BCUT2D eigenvalue weighted by atomic mass is 10.1. The molecule has 0 spiro atoms. The number of amides is 1. The topological polar surface area (TPSA) is 73.6 Å². The van der Waals surface area contributed by atoms with Gasteiger partial charge < -0.3 is 20.5 Å². The number of fused-ring (bicyclic) bond motifs is 1. The van der Waals surface area contributed by atoms with E-state index in [4.69, 9.17) is 15.2 Å². The molecule has 2 aliphatic rings. The van der Waals surface area contributed by atoms with Gasteiger partial charge in [0.15, 0.2) is 0 Å². The summed E-state index contributed by atoms with van der Waals surface area (Å²) >= 11 is 0. The Morgan fingerprint density at radius 3 is 2.90 bits per heavy atom. The predicted molar refractivity (Wildman–Crippen MR) is 77.0 cm³/mol. The summed E-state index contributed by atoms with van der Waals surface area (Å²) in [5, 5.41) is 2.99. The van der Waals surface area contributed by atoms with Gasteiger partial charge >= 0.3 is 0 Å². The number of nitrogens with two attached hydrogens (primary N) is 1. The summed E-state index contributed by atoms with van der Waals surface area (Å²) < 4.78 is 11.1. The molecule has 3 atom stereocenters. The Morgan fingerprint density at radius 1 is 1.35 bits per heavy atom. The van der Waals surface area contributed by atoms with E-state index in [0.717, 1.165) is 24.2 Å². The van der Waals surface area contributed by atoms with Gasteiger partial charge in [-0.3, -0.25) is 4.79 Å². The van der Waals surface area contributed by atoms with E-state index in [1.165, 1.54) is 0 Å². The van der Waals surface area contributed by atoms with Crippen molar-refractivity contribution in [2.24, 2.45) is 5.73 Å². The van der Waals surface area contributed by atoms with Crippen molar-refractivity contribution in [3.63, 3.8) is 0 Å². The van der Waals surface area contributed by atoms with Crippen LogP contribution in [0.4, 0.5) is 0 Å². The molecule has 5 nitrogen and oxygen atoms in total. The van der Waals surface area contributed by atoms with Crippen LogP contribution in [0.3, 0.4) is 0 Å². The number of ether oxygens (including phenoxy) is 2. The van der Waals surface area contributed by atoms with Crippen LogP contribution in [0.15, 0.2) is 24.3 Å². The van der Waals surface area contributed by atoms with Gasteiger partial charge in [-0.05, 0) is 18.9 Å². The normalized spacial score (nSPS) is 27.4. The van der Waals surface area contributed by atoms with Gasteiger partial charge in [0.25, 0.3) is 0 Å². The molecule has 2 heterocycles. The van der Waals surface area contributed by atoms with Crippen LogP contribution in [0.1, 0.15) is 24.4 Å². The fourth-order valence-electron chi connectivity index (χ4n) is 2.62. The van der Waals surface area contributed by atoms with Gasteiger partial charge in [-0.1, -0.05) is 18.2 Å². The fraction of sp³-hybridized carbons (Fsp3) is 0.500. The van der Waals surface area contributed by atoms with Crippen molar-refractivity contribution in [3.05, 3.63) is 29.8 Å². The molecule has 1 aromatic carbocycles. The Bertz CT molecular complexity index is 483. The first-order valence-electron chi connectivity index (χ1n) is 6.65. The zero-order valence-electron chi connectivity index (χ0n) is 11.1. The second-order valence-corrected chi connectivity index (χ2v) is 4.97. The number of carbonyl (C=O) groups is 1. The highest BCUT2D eigenvalue weighted by atomic mass is 35.5. The highest BCUT2D eigenvalue weighted by molar-refractivity contribution is 5.85. The van der Waals surface area contributed by atoms with Crippen LogP contribution in [0.25, 0.3) is 0 Å². The number of hydrogen-bond donors (Lipinski definition) is 2. The SMILES string of the molecule is Cl.NC[C@H]1CC[C@@H](C(=O)NC2COc3ccccc32)O1. The van der Waals surface area contributed by atoms with Gasteiger partial charge in [-0.25, -0.2) is 0 Å². The molecule has 20 heavy (non-hydrogen) atoms. The van der Waals surface area contributed by atoms with Gasteiger partial charge in [0.05, 0.1) is 12.1 Å². The molecule has 110 valence electrons. The molecular formula is C14H19ClN2O3. The van der Waals surface area contributed by atoms with E-state index >= 15 is 0 Å². The zero-order chi connectivity index (χ0) is 13.2. The fourth-order valence-corrected chi connectivity index (χ4v) is 2.62. The van der Waals surface area contributed by atoms with Crippen molar-refractivity contribution in [2.45, 2.75) is 31.1 Å².